The van der Waals surface area contributed by atoms with Crippen molar-refractivity contribution in [3.63, 3.8) is 0 Å². The van der Waals surface area contributed by atoms with Crippen LogP contribution in [0.1, 0.15) is 31.7 Å². The van der Waals surface area contributed by atoms with Gasteiger partial charge in [-0.25, -0.2) is 0 Å². The minimum absolute atomic E-state index is 0.668. The molecule has 0 saturated carbocycles. The first-order chi connectivity index (χ1) is 11.3. The molecule has 1 N–H and O–H groups in total. The normalized spacial score (nSPS) is 19.6. The van der Waals surface area contributed by atoms with Crippen molar-refractivity contribution in [1.29, 1.82) is 0 Å². The van der Waals surface area contributed by atoms with Crippen LogP contribution < -0.4 is 14.8 Å². The maximum Gasteiger partial charge on any atom is 0.179 e. The van der Waals surface area contributed by atoms with Crippen LogP contribution in [0.5, 0.6) is 11.5 Å². The summed E-state index contributed by atoms with van der Waals surface area (Å²) in [5.74, 6) is 2.32. The van der Waals surface area contributed by atoms with Crippen molar-refractivity contribution in [2.45, 2.75) is 32.7 Å². The number of fused-ring (bicyclic) bond motifs is 1. The summed E-state index contributed by atoms with van der Waals surface area (Å²) in [4.78, 5) is 2.51. The van der Waals surface area contributed by atoms with Gasteiger partial charge in [-0.15, -0.1) is 0 Å². The van der Waals surface area contributed by atoms with Gasteiger partial charge in [-0.05, 0) is 62.6 Å². The lowest BCUT2D eigenvalue weighted by molar-refractivity contribution is 0.175. The van der Waals surface area contributed by atoms with Gasteiger partial charge < -0.3 is 14.8 Å². The van der Waals surface area contributed by atoms with E-state index in [1.165, 1.54) is 18.4 Å². The molecule has 0 unspecified atom stereocenters. The Morgan fingerprint density at radius 3 is 2.78 bits per heavy atom. The second kappa shape index (κ2) is 8.22. The molecule has 0 aliphatic carbocycles. The molecular weight excluding hydrogens is 312 g/mol. The van der Waals surface area contributed by atoms with E-state index < -0.39 is 0 Å². The number of hydrogen-bond acceptors (Lipinski definition) is 4. The third-order valence-corrected chi connectivity index (χ3v) is 4.94. The lowest BCUT2D eigenvalue weighted by Crippen LogP contribution is -2.36. The van der Waals surface area contributed by atoms with E-state index in [4.69, 9.17) is 21.1 Å². The van der Waals surface area contributed by atoms with Gasteiger partial charge in [-0.1, -0.05) is 18.5 Å². The third-order valence-electron chi connectivity index (χ3n) is 4.66. The fraction of sp³-hybridized carbons (Fsp3) is 0.667. The minimum atomic E-state index is 0.668. The average Bonchev–Trinajstić information content (AvgIpc) is 2.80. The summed E-state index contributed by atoms with van der Waals surface area (Å²) in [6.45, 7) is 9.00. The van der Waals surface area contributed by atoms with E-state index in [1.807, 2.05) is 6.07 Å². The number of benzene rings is 1. The molecule has 4 nitrogen and oxygen atoms in total. The maximum atomic E-state index is 6.39. The molecule has 0 radical (unpaired) electrons. The summed E-state index contributed by atoms with van der Waals surface area (Å²) in [5, 5.41) is 4.13. The van der Waals surface area contributed by atoms with Crippen molar-refractivity contribution in [3.8, 4) is 11.5 Å². The molecule has 2 heterocycles. The van der Waals surface area contributed by atoms with Gasteiger partial charge in [0.05, 0.1) is 18.2 Å². The molecular formula is C18H27ClN2O2. The molecule has 0 spiro atoms. The Morgan fingerprint density at radius 2 is 2.00 bits per heavy atom. The molecule has 0 bridgehead atoms. The molecule has 2 aliphatic heterocycles. The van der Waals surface area contributed by atoms with Gasteiger partial charge in [-0.3, -0.25) is 4.90 Å². The molecule has 1 aromatic carbocycles. The smallest absolute Gasteiger partial charge is 0.179 e. The van der Waals surface area contributed by atoms with E-state index in [0.29, 0.717) is 24.0 Å². The number of nitrogens with zero attached hydrogens (tertiary/aromatic N) is 1. The third kappa shape index (κ3) is 4.52. The van der Waals surface area contributed by atoms with Crippen molar-refractivity contribution >= 4 is 11.6 Å². The number of nitrogens with one attached hydrogen (secondary N) is 1. The highest BCUT2D eigenvalue weighted by molar-refractivity contribution is 6.32. The number of hydrogen-bond donors (Lipinski definition) is 1. The van der Waals surface area contributed by atoms with Gasteiger partial charge >= 0.3 is 0 Å². The SMILES string of the molecule is CCNCC1CCN(Cc2cc(Cl)c3c(c2)OCCCO3)CC1. The number of likely N-dealkylation sites (tertiary alicyclic amines) is 1. The number of rotatable bonds is 5. The van der Waals surface area contributed by atoms with E-state index in [0.717, 1.165) is 50.8 Å². The zero-order chi connectivity index (χ0) is 16.1. The molecule has 23 heavy (non-hydrogen) atoms. The van der Waals surface area contributed by atoms with E-state index in [-0.39, 0.29) is 0 Å². The van der Waals surface area contributed by atoms with Crippen LogP contribution in [-0.4, -0.2) is 44.3 Å². The molecule has 128 valence electrons. The fourth-order valence-corrected chi connectivity index (χ4v) is 3.62. The average molecular weight is 339 g/mol. The molecule has 5 heteroatoms. The van der Waals surface area contributed by atoms with Crippen LogP contribution in [0.3, 0.4) is 0 Å². The molecule has 0 amide bonds. The first-order valence-electron chi connectivity index (χ1n) is 8.77. The van der Waals surface area contributed by atoms with Crippen LogP contribution in [0.25, 0.3) is 0 Å². The maximum absolute atomic E-state index is 6.39. The van der Waals surface area contributed by atoms with Crippen LogP contribution in [-0.2, 0) is 6.54 Å². The number of piperidine rings is 1. The molecule has 1 fully saturated rings. The Morgan fingerprint density at radius 1 is 1.22 bits per heavy atom. The van der Waals surface area contributed by atoms with E-state index in [2.05, 4.69) is 23.2 Å². The van der Waals surface area contributed by atoms with E-state index in [1.54, 1.807) is 0 Å². The molecule has 1 aromatic rings. The number of halogens is 1. The predicted octanol–water partition coefficient (Wildman–Crippen LogP) is 3.32. The second-order valence-electron chi connectivity index (χ2n) is 6.48. The topological polar surface area (TPSA) is 33.7 Å². The van der Waals surface area contributed by atoms with Crippen LogP contribution in [0.15, 0.2) is 12.1 Å². The highest BCUT2D eigenvalue weighted by Gasteiger charge is 2.21. The quantitative estimate of drug-likeness (QED) is 0.893. The molecule has 2 aliphatic rings. The van der Waals surface area contributed by atoms with Gasteiger partial charge in [-0.2, -0.15) is 0 Å². The first kappa shape index (κ1) is 16.9. The van der Waals surface area contributed by atoms with Crippen molar-refractivity contribution in [1.82, 2.24) is 10.2 Å². The highest BCUT2D eigenvalue weighted by Crippen LogP contribution is 2.38. The van der Waals surface area contributed by atoms with Gasteiger partial charge in [0.1, 0.15) is 0 Å². The Balaban J connectivity index is 1.58. The van der Waals surface area contributed by atoms with E-state index >= 15 is 0 Å². The van der Waals surface area contributed by atoms with Gasteiger partial charge in [0.15, 0.2) is 11.5 Å². The number of ether oxygens (including phenoxy) is 2. The minimum Gasteiger partial charge on any atom is -0.489 e. The standard InChI is InChI=1S/C18H27ClN2O2/c1-2-20-12-14-4-6-21(7-5-14)13-15-10-16(19)18-17(11-15)22-8-3-9-23-18/h10-11,14,20H,2-9,12-13H2,1H3. The summed E-state index contributed by atoms with van der Waals surface area (Å²) in [5.41, 5.74) is 1.21. The van der Waals surface area contributed by atoms with Gasteiger partial charge in [0.25, 0.3) is 0 Å². The van der Waals surface area contributed by atoms with E-state index in [9.17, 15) is 0 Å². The van der Waals surface area contributed by atoms with Crippen LogP contribution in [0.4, 0.5) is 0 Å². The fourth-order valence-electron chi connectivity index (χ4n) is 3.33. The van der Waals surface area contributed by atoms with Gasteiger partial charge in [0, 0.05) is 13.0 Å². The molecule has 3 rings (SSSR count). The summed E-state index contributed by atoms with van der Waals surface area (Å²) in [6, 6.07) is 4.12. The lowest BCUT2D eigenvalue weighted by Gasteiger charge is -2.32. The summed E-state index contributed by atoms with van der Waals surface area (Å²) in [7, 11) is 0. The summed E-state index contributed by atoms with van der Waals surface area (Å²) >= 11 is 6.39. The zero-order valence-electron chi connectivity index (χ0n) is 13.9. The first-order valence-corrected chi connectivity index (χ1v) is 9.15. The van der Waals surface area contributed by atoms with Crippen LogP contribution >= 0.6 is 11.6 Å². The lowest BCUT2D eigenvalue weighted by atomic mass is 9.96. The Kier molecular flexibility index (Phi) is 6.03. The summed E-state index contributed by atoms with van der Waals surface area (Å²) in [6.07, 6.45) is 3.44. The second-order valence-corrected chi connectivity index (χ2v) is 6.89. The predicted molar refractivity (Wildman–Crippen MR) is 93.6 cm³/mol. The van der Waals surface area contributed by atoms with Crippen molar-refractivity contribution in [2.24, 2.45) is 5.92 Å². The molecule has 0 atom stereocenters. The summed E-state index contributed by atoms with van der Waals surface area (Å²) < 4.78 is 11.5. The highest BCUT2D eigenvalue weighted by atomic mass is 35.5. The molecule has 1 saturated heterocycles. The van der Waals surface area contributed by atoms with Crippen molar-refractivity contribution in [3.05, 3.63) is 22.7 Å². The Hall–Kier alpha value is -0.970. The van der Waals surface area contributed by atoms with Crippen LogP contribution in [0.2, 0.25) is 5.02 Å². The van der Waals surface area contributed by atoms with Crippen molar-refractivity contribution in [2.75, 3.05) is 39.4 Å². The van der Waals surface area contributed by atoms with Crippen LogP contribution in [0, 0.1) is 5.92 Å². The Bertz CT molecular complexity index is 516. The van der Waals surface area contributed by atoms with Gasteiger partial charge in [0.2, 0.25) is 0 Å². The Labute approximate surface area is 144 Å². The monoisotopic (exact) mass is 338 g/mol. The van der Waals surface area contributed by atoms with Crippen molar-refractivity contribution < 1.29 is 9.47 Å². The zero-order valence-corrected chi connectivity index (χ0v) is 14.7. The molecule has 0 aromatic heterocycles. The largest absolute Gasteiger partial charge is 0.489 e.